The minimum absolute atomic E-state index is 0.0176. The lowest BCUT2D eigenvalue weighted by atomic mass is 10.00. The molecule has 0 aromatic heterocycles. The van der Waals surface area contributed by atoms with Crippen molar-refractivity contribution in [3.63, 3.8) is 0 Å². The van der Waals surface area contributed by atoms with Gasteiger partial charge in [0.2, 0.25) is 5.91 Å². The van der Waals surface area contributed by atoms with Crippen LogP contribution in [0.2, 0.25) is 0 Å². The molecule has 1 saturated heterocycles. The van der Waals surface area contributed by atoms with Gasteiger partial charge in [-0.2, -0.15) is 0 Å². The molecule has 6 nitrogen and oxygen atoms in total. The van der Waals surface area contributed by atoms with Gasteiger partial charge in [-0.05, 0) is 36.8 Å². The number of likely N-dealkylation sites (N-methyl/N-ethyl adjacent to an activating group) is 1. The molecule has 1 amide bonds. The van der Waals surface area contributed by atoms with Crippen LogP contribution < -0.4 is 10.6 Å². The molecule has 0 aliphatic carbocycles. The number of nitrogens with zero attached hydrogens (tertiary/aromatic N) is 2. The number of nitrogens with one attached hydrogen (secondary N) is 2. The van der Waals surface area contributed by atoms with E-state index >= 15 is 0 Å². The number of hydrogen-bond acceptors (Lipinski definition) is 3. The minimum Gasteiger partial charge on any atom is -0.381 e. The summed E-state index contributed by atoms with van der Waals surface area (Å²) >= 11 is 0. The van der Waals surface area contributed by atoms with Crippen molar-refractivity contribution in [3.05, 3.63) is 35.4 Å². The first kappa shape index (κ1) is 22.2. The SMILES string of the molecule is CC(C)Cc1ccc(C(C)NC(=NCC(=O)N(C)C)NCC2CCOC2)cc1. The Bertz CT molecular complexity index is 634. The van der Waals surface area contributed by atoms with Crippen molar-refractivity contribution in [2.24, 2.45) is 16.8 Å². The molecule has 2 unspecified atom stereocenters. The number of amides is 1. The second-order valence-electron chi connectivity index (χ2n) is 8.27. The summed E-state index contributed by atoms with van der Waals surface area (Å²) in [7, 11) is 3.49. The highest BCUT2D eigenvalue weighted by atomic mass is 16.5. The number of ether oxygens (including phenoxy) is 1. The summed E-state index contributed by atoms with van der Waals surface area (Å²) in [6, 6.07) is 8.83. The monoisotopic (exact) mass is 388 g/mol. The molecule has 1 aromatic rings. The minimum atomic E-state index is -0.0176. The van der Waals surface area contributed by atoms with E-state index in [1.165, 1.54) is 11.1 Å². The van der Waals surface area contributed by atoms with Crippen molar-refractivity contribution in [2.75, 3.05) is 40.4 Å². The standard InChI is InChI=1S/C22H36N4O2/c1-16(2)12-18-6-8-20(9-7-18)17(3)25-22(24-14-21(27)26(4)5)23-13-19-10-11-28-15-19/h6-9,16-17,19H,10-15H2,1-5H3,(H2,23,24,25). The van der Waals surface area contributed by atoms with E-state index in [4.69, 9.17) is 4.74 Å². The summed E-state index contributed by atoms with van der Waals surface area (Å²) in [4.78, 5) is 18.0. The lowest BCUT2D eigenvalue weighted by molar-refractivity contribution is -0.127. The van der Waals surface area contributed by atoms with E-state index in [0.717, 1.165) is 32.6 Å². The first-order chi connectivity index (χ1) is 13.3. The van der Waals surface area contributed by atoms with Gasteiger partial charge in [0.15, 0.2) is 5.96 Å². The van der Waals surface area contributed by atoms with E-state index in [2.05, 4.69) is 60.7 Å². The van der Waals surface area contributed by atoms with Crippen LogP contribution in [0.15, 0.2) is 29.3 Å². The van der Waals surface area contributed by atoms with Gasteiger partial charge >= 0.3 is 0 Å². The quantitative estimate of drug-likeness (QED) is 0.531. The van der Waals surface area contributed by atoms with Crippen molar-refractivity contribution in [3.8, 4) is 0 Å². The van der Waals surface area contributed by atoms with Crippen LogP contribution in [0.3, 0.4) is 0 Å². The zero-order chi connectivity index (χ0) is 20.5. The first-order valence-corrected chi connectivity index (χ1v) is 10.3. The number of benzene rings is 1. The summed E-state index contributed by atoms with van der Waals surface area (Å²) in [5.74, 6) is 1.79. The molecule has 0 spiro atoms. The number of rotatable bonds is 8. The molecule has 0 radical (unpaired) electrons. The highest BCUT2D eigenvalue weighted by molar-refractivity contribution is 5.85. The molecule has 28 heavy (non-hydrogen) atoms. The van der Waals surface area contributed by atoms with Gasteiger partial charge in [-0.1, -0.05) is 38.1 Å². The predicted octanol–water partition coefficient (Wildman–Crippen LogP) is 2.61. The molecule has 2 atom stereocenters. The third-order valence-corrected chi connectivity index (χ3v) is 4.93. The summed E-state index contributed by atoms with van der Waals surface area (Å²) in [6.45, 7) is 9.11. The second-order valence-corrected chi connectivity index (χ2v) is 8.27. The van der Waals surface area contributed by atoms with E-state index in [-0.39, 0.29) is 18.5 Å². The van der Waals surface area contributed by atoms with E-state index in [1.807, 2.05) is 0 Å². The second kappa shape index (κ2) is 11.1. The number of hydrogen-bond donors (Lipinski definition) is 2. The van der Waals surface area contributed by atoms with Gasteiger partial charge in [-0.3, -0.25) is 4.79 Å². The molecule has 2 N–H and O–H groups in total. The normalized spacial score (nSPS) is 18.2. The van der Waals surface area contributed by atoms with Crippen LogP contribution in [0.25, 0.3) is 0 Å². The summed E-state index contributed by atoms with van der Waals surface area (Å²) in [5.41, 5.74) is 2.56. The summed E-state index contributed by atoms with van der Waals surface area (Å²) in [6.07, 6.45) is 2.15. The fourth-order valence-corrected chi connectivity index (χ4v) is 3.13. The predicted molar refractivity (Wildman–Crippen MR) is 114 cm³/mol. The third-order valence-electron chi connectivity index (χ3n) is 4.93. The van der Waals surface area contributed by atoms with Crippen molar-refractivity contribution >= 4 is 11.9 Å². The molecule has 1 fully saturated rings. The average molecular weight is 389 g/mol. The largest absolute Gasteiger partial charge is 0.381 e. The Kier molecular flexibility index (Phi) is 8.77. The van der Waals surface area contributed by atoms with Crippen molar-refractivity contribution < 1.29 is 9.53 Å². The highest BCUT2D eigenvalue weighted by Crippen LogP contribution is 2.16. The lowest BCUT2D eigenvalue weighted by Gasteiger charge is -2.20. The maximum atomic E-state index is 11.9. The fraction of sp³-hybridized carbons (Fsp3) is 0.636. The molecule has 156 valence electrons. The van der Waals surface area contributed by atoms with E-state index in [9.17, 15) is 4.79 Å². The Morgan fingerprint density at radius 1 is 1.25 bits per heavy atom. The molecule has 1 heterocycles. The zero-order valence-corrected chi connectivity index (χ0v) is 18.0. The maximum absolute atomic E-state index is 11.9. The smallest absolute Gasteiger partial charge is 0.243 e. The van der Waals surface area contributed by atoms with Crippen LogP contribution in [-0.4, -0.2) is 57.2 Å². The molecular formula is C22H36N4O2. The van der Waals surface area contributed by atoms with Gasteiger partial charge in [0.1, 0.15) is 6.54 Å². The molecule has 0 saturated carbocycles. The molecular weight excluding hydrogens is 352 g/mol. The first-order valence-electron chi connectivity index (χ1n) is 10.3. The Morgan fingerprint density at radius 2 is 1.96 bits per heavy atom. The number of guanidine groups is 1. The molecule has 1 aliphatic heterocycles. The van der Waals surface area contributed by atoms with Gasteiger partial charge in [0.25, 0.3) is 0 Å². The van der Waals surface area contributed by atoms with Crippen molar-refractivity contribution in [1.82, 2.24) is 15.5 Å². The van der Waals surface area contributed by atoms with Crippen LogP contribution in [0, 0.1) is 11.8 Å². The third kappa shape index (κ3) is 7.50. The number of carbonyl (C=O) groups is 1. The number of aliphatic imine (C=N–C) groups is 1. The fourth-order valence-electron chi connectivity index (χ4n) is 3.13. The van der Waals surface area contributed by atoms with Crippen LogP contribution in [0.1, 0.15) is 44.4 Å². The molecule has 1 aromatic carbocycles. The van der Waals surface area contributed by atoms with Crippen molar-refractivity contribution in [1.29, 1.82) is 0 Å². The van der Waals surface area contributed by atoms with Crippen LogP contribution in [-0.2, 0) is 16.0 Å². The van der Waals surface area contributed by atoms with E-state index in [0.29, 0.717) is 17.8 Å². The van der Waals surface area contributed by atoms with Crippen LogP contribution >= 0.6 is 0 Å². The van der Waals surface area contributed by atoms with E-state index < -0.39 is 0 Å². The summed E-state index contributed by atoms with van der Waals surface area (Å²) in [5, 5.41) is 6.82. The topological polar surface area (TPSA) is 66.0 Å². The van der Waals surface area contributed by atoms with Gasteiger partial charge in [-0.15, -0.1) is 0 Å². The molecule has 6 heteroatoms. The van der Waals surface area contributed by atoms with Gasteiger partial charge in [0, 0.05) is 33.2 Å². The highest BCUT2D eigenvalue weighted by Gasteiger charge is 2.17. The summed E-state index contributed by atoms with van der Waals surface area (Å²) < 4.78 is 5.45. The van der Waals surface area contributed by atoms with Gasteiger partial charge in [0.05, 0.1) is 12.6 Å². The number of carbonyl (C=O) groups excluding carboxylic acids is 1. The molecule has 1 aliphatic rings. The maximum Gasteiger partial charge on any atom is 0.243 e. The van der Waals surface area contributed by atoms with Crippen LogP contribution in [0.4, 0.5) is 0 Å². The van der Waals surface area contributed by atoms with Gasteiger partial charge < -0.3 is 20.3 Å². The zero-order valence-electron chi connectivity index (χ0n) is 18.0. The lowest BCUT2D eigenvalue weighted by Crippen LogP contribution is -2.42. The van der Waals surface area contributed by atoms with E-state index in [1.54, 1.807) is 19.0 Å². The van der Waals surface area contributed by atoms with Crippen molar-refractivity contribution in [2.45, 2.75) is 39.7 Å². The molecule has 2 rings (SSSR count). The Hall–Kier alpha value is -2.08. The Labute approximate surface area is 169 Å². The Balaban J connectivity index is 1.99. The molecule has 0 bridgehead atoms. The van der Waals surface area contributed by atoms with Crippen LogP contribution in [0.5, 0.6) is 0 Å². The average Bonchev–Trinajstić information content (AvgIpc) is 3.17. The Morgan fingerprint density at radius 3 is 2.54 bits per heavy atom. The van der Waals surface area contributed by atoms with Gasteiger partial charge in [-0.25, -0.2) is 4.99 Å².